The van der Waals surface area contributed by atoms with Crippen LogP contribution in [0.25, 0.3) is 0 Å². The Morgan fingerprint density at radius 2 is 1.19 bits per heavy atom. The maximum Gasteiger partial charge on any atom is 1.00 e. The molecule has 1 aromatic carbocycles. The monoisotopic (exact) mass is 254 g/mol. The van der Waals surface area contributed by atoms with Gasteiger partial charge in [0.25, 0.3) is 0 Å². The SMILES string of the molecule is O=C([O-])Cc1c(O)c(O)c(O)c(O)c1O.[K+]. The van der Waals surface area contributed by atoms with Crippen LogP contribution in [-0.4, -0.2) is 31.5 Å². The summed E-state index contributed by atoms with van der Waals surface area (Å²) in [5, 5.41) is 55.5. The van der Waals surface area contributed by atoms with Gasteiger partial charge in [-0.2, -0.15) is 0 Å². The number of phenolic OH excluding ortho intramolecular Hbond substituents is 5. The minimum Gasteiger partial charge on any atom is -0.550 e. The van der Waals surface area contributed by atoms with Gasteiger partial charge in [0, 0.05) is 18.0 Å². The van der Waals surface area contributed by atoms with Crippen LogP contribution in [0, 0.1) is 0 Å². The molecule has 5 N–H and O–H groups in total. The molecule has 8 heteroatoms. The Balaban J connectivity index is 0.00000225. The van der Waals surface area contributed by atoms with Crippen LogP contribution in [0.5, 0.6) is 28.7 Å². The van der Waals surface area contributed by atoms with Crippen LogP contribution in [0.3, 0.4) is 0 Å². The molecule has 0 heterocycles. The molecule has 0 bridgehead atoms. The van der Waals surface area contributed by atoms with E-state index in [1.807, 2.05) is 0 Å². The Labute approximate surface area is 132 Å². The van der Waals surface area contributed by atoms with Crippen molar-refractivity contribution in [3.05, 3.63) is 5.56 Å². The van der Waals surface area contributed by atoms with Gasteiger partial charge in [-0.1, -0.05) is 0 Å². The Hall–Kier alpha value is -0.674. The molecule has 0 aliphatic carbocycles. The summed E-state index contributed by atoms with van der Waals surface area (Å²) < 4.78 is 0. The van der Waals surface area contributed by atoms with Crippen molar-refractivity contribution in [1.82, 2.24) is 0 Å². The van der Waals surface area contributed by atoms with Gasteiger partial charge in [0.2, 0.25) is 17.2 Å². The minimum atomic E-state index is -1.63. The molecule has 0 amide bonds. The van der Waals surface area contributed by atoms with Crippen molar-refractivity contribution in [1.29, 1.82) is 0 Å². The number of carbonyl (C=O) groups is 1. The molecule has 0 fully saturated rings. The van der Waals surface area contributed by atoms with E-state index >= 15 is 0 Å². The van der Waals surface area contributed by atoms with Gasteiger partial charge >= 0.3 is 51.4 Å². The minimum absolute atomic E-state index is 0. The third-order valence-corrected chi connectivity index (χ3v) is 1.79. The molecule has 0 saturated carbocycles. The van der Waals surface area contributed by atoms with Gasteiger partial charge in [0.05, 0.1) is 0 Å². The van der Waals surface area contributed by atoms with Crippen LogP contribution < -0.4 is 56.5 Å². The maximum atomic E-state index is 10.2. The van der Waals surface area contributed by atoms with Crippen LogP contribution in [0.15, 0.2) is 0 Å². The molecule has 0 spiro atoms. The van der Waals surface area contributed by atoms with Crippen molar-refractivity contribution in [2.75, 3.05) is 0 Å². The Kier molecular flexibility index (Phi) is 5.36. The topological polar surface area (TPSA) is 141 Å². The quantitative estimate of drug-likeness (QED) is 0.203. The number of hydrogen-bond acceptors (Lipinski definition) is 7. The number of phenols is 5. The van der Waals surface area contributed by atoms with E-state index in [1.54, 1.807) is 0 Å². The average molecular weight is 254 g/mol. The first kappa shape index (κ1) is 15.3. The summed E-state index contributed by atoms with van der Waals surface area (Å²) in [5.41, 5.74) is -0.636. The summed E-state index contributed by atoms with van der Waals surface area (Å²) in [6.07, 6.45) is -0.918. The van der Waals surface area contributed by atoms with Crippen molar-refractivity contribution in [2.45, 2.75) is 6.42 Å². The van der Waals surface area contributed by atoms with E-state index in [9.17, 15) is 9.90 Å². The second-order valence-corrected chi connectivity index (χ2v) is 2.77. The van der Waals surface area contributed by atoms with Crippen LogP contribution in [0.1, 0.15) is 5.56 Å². The Morgan fingerprint density at radius 1 is 0.875 bits per heavy atom. The summed E-state index contributed by atoms with van der Waals surface area (Å²) in [4.78, 5) is 10.2. The predicted octanol–water partition coefficient (Wildman–Crippen LogP) is -4.49. The first-order valence-corrected chi connectivity index (χ1v) is 3.73. The summed E-state index contributed by atoms with van der Waals surface area (Å²) in [5.74, 6) is -7.03. The standard InChI is InChI=1S/C8H8O7.K/c9-3(10)1-2-4(11)6(13)8(15)7(14)5(2)12;/h11-15H,1H2,(H,9,10);/q;+1/p-1. The van der Waals surface area contributed by atoms with E-state index in [4.69, 9.17) is 25.5 Å². The summed E-state index contributed by atoms with van der Waals surface area (Å²) in [6.45, 7) is 0. The number of hydrogen-bond donors (Lipinski definition) is 5. The maximum absolute atomic E-state index is 10.2. The third kappa shape index (κ3) is 2.71. The summed E-state index contributed by atoms with van der Waals surface area (Å²) in [6, 6.07) is 0. The van der Waals surface area contributed by atoms with E-state index in [2.05, 4.69) is 0 Å². The summed E-state index contributed by atoms with van der Waals surface area (Å²) >= 11 is 0. The fourth-order valence-corrected chi connectivity index (χ4v) is 1.05. The molecule has 7 nitrogen and oxygen atoms in total. The van der Waals surface area contributed by atoms with Crippen molar-refractivity contribution < 1.29 is 86.8 Å². The van der Waals surface area contributed by atoms with Crippen LogP contribution in [0.4, 0.5) is 0 Å². The van der Waals surface area contributed by atoms with E-state index in [1.165, 1.54) is 0 Å². The molecule has 0 atom stereocenters. The van der Waals surface area contributed by atoms with Crippen molar-refractivity contribution in [3.8, 4) is 28.7 Å². The van der Waals surface area contributed by atoms with E-state index < -0.39 is 46.7 Å². The molecule has 0 aliphatic heterocycles. The summed E-state index contributed by atoms with van der Waals surface area (Å²) in [7, 11) is 0. The van der Waals surface area contributed by atoms with Gasteiger partial charge in [0.1, 0.15) is 0 Å². The number of carbonyl (C=O) groups excluding carboxylic acids is 1. The average Bonchev–Trinajstić information content (AvgIpc) is 2.18. The molecule has 1 aromatic rings. The molecular weight excluding hydrogens is 247 g/mol. The Morgan fingerprint density at radius 3 is 1.50 bits per heavy atom. The van der Waals surface area contributed by atoms with Gasteiger partial charge in [-0.25, -0.2) is 0 Å². The number of carboxylic acid groups (broad SMARTS) is 1. The van der Waals surface area contributed by atoms with Crippen LogP contribution in [-0.2, 0) is 11.2 Å². The molecule has 0 saturated heterocycles. The normalized spacial score (nSPS) is 9.50. The molecule has 16 heavy (non-hydrogen) atoms. The fraction of sp³-hybridized carbons (Fsp3) is 0.125. The third-order valence-electron chi connectivity index (χ3n) is 1.79. The molecule has 1 rings (SSSR count). The second kappa shape index (κ2) is 5.59. The van der Waals surface area contributed by atoms with Gasteiger partial charge in [-0.3, -0.25) is 0 Å². The zero-order valence-corrected chi connectivity index (χ0v) is 11.4. The molecule has 0 unspecified atom stereocenters. The van der Waals surface area contributed by atoms with E-state index in [-0.39, 0.29) is 51.4 Å². The fourth-order valence-electron chi connectivity index (χ4n) is 1.05. The van der Waals surface area contributed by atoms with Gasteiger partial charge in [0.15, 0.2) is 11.5 Å². The van der Waals surface area contributed by atoms with Crippen molar-refractivity contribution in [2.24, 2.45) is 0 Å². The molecule has 0 radical (unpaired) electrons. The Bertz CT molecular complexity index is 400. The second-order valence-electron chi connectivity index (χ2n) is 2.77. The predicted molar refractivity (Wildman–Crippen MR) is 43.5 cm³/mol. The van der Waals surface area contributed by atoms with Crippen LogP contribution in [0.2, 0.25) is 0 Å². The number of benzene rings is 1. The first-order chi connectivity index (χ1) is 6.86. The van der Waals surface area contributed by atoms with Gasteiger partial charge in [-0.15, -0.1) is 0 Å². The van der Waals surface area contributed by atoms with Gasteiger partial charge in [-0.05, 0) is 0 Å². The molecular formula is C8H7KO7. The number of aromatic hydroxyl groups is 5. The number of aliphatic carboxylic acids is 1. The van der Waals surface area contributed by atoms with Crippen molar-refractivity contribution >= 4 is 5.97 Å². The number of carboxylic acids is 1. The molecule has 82 valence electrons. The molecule has 0 aromatic heterocycles. The number of rotatable bonds is 2. The smallest absolute Gasteiger partial charge is 0.550 e. The zero-order valence-electron chi connectivity index (χ0n) is 8.26. The van der Waals surface area contributed by atoms with Crippen molar-refractivity contribution in [3.63, 3.8) is 0 Å². The molecule has 0 aliphatic rings. The largest absolute Gasteiger partial charge is 1.00 e. The van der Waals surface area contributed by atoms with E-state index in [0.717, 1.165) is 0 Å². The first-order valence-electron chi connectivity index (χ1n) is 3.73. The van der Waals surface area contributed by atoms with Crippen LogP contribution >= 0.6 is 0 Å². The van der Waals surface area contributed by atoms with E-state index in [0.29, 0.717) is 0 Å². The van der Waals surface area contributed by atoms with Gasteiger partial charge < -0.3 is 35.4 Å². The zero-order chi connectivity index (χ0) is 11.7.